The lowest BCUT2D eigenvalue weighted by atomic mass is 9.81. The SMILES string of the molecule is CC1(C)c2cc(C#N)ccc2-c2ccc(-c3ccc4c5ccccc5n5c6ccccc6nc5c4c3)cc21. The van der Waals surface area contributed by atoms with Crippen molar-refractivity contribution < 1.29 is 0 Å². The molecule has 0 spiro atoms. The second-order valence-corrected chi connectivity index (χ2v) is 10.8. The molecule has 0 fully saturated rings. The molecule has 0 aliphatic heterocycles. The maximum absolute atomic E-state index is 9.47. The molecule has 0 atom stereocenters. The summed E-state index contributed by atoms with van der Waals surface area (Å²) in [6.45, 7) is 4.52. The van der Waals surface area contributed by atoms with Crippen LogP contribution < -0.4 is 0 Å². The maximum Gasteiger partial charge on any atom is 0.146 e. The average molecular weight is 486 g/mol. The van der Waals surface area contributed by atoms with Crippen LogP contribution in [0, 0.1) is 11.3 Å². The monoisotopic (exact) mass is 485 g/mol. The summed E-state index contributed by atoms with van der Waals surface area (Å²) in [4.78, 5) is 5.09. The van der Waals surface area contributed by atoms with E-state index in [9.17, 15) is 5.26 Å². The smallest absolute Gasteiger partial charge is 0.146 e. The van der Waals surface area contributed by atoms with Gasteiger partial charge < -0.3 is 0 Å². The van der Waals surface area contributed by atoms with Gasteiger partial charge in [0.1, 0.15) is 5.65 Å². The second kappa shape index (κ2) is 7.31. The molecule has 0 unspecified atom stereocenters. The van der Waals surface area contributed by atoms with E-state index in [1.165, 1.54) is 49.7 Å². The van der Waals surface area contributed by atoms with Gasteiger partial charge in [0.05, 0.1) is 28.2 Å². The van der Waals surface area contributed by atoms with Gasteiger partial charge in [0, 0.05) is 16.2 Å². The number of fused-ring (bicyclic) bond motifs is 11. The van der Waals surface area contributed by atoms with Gasteiger partial charge in [-0.2, -0.15) is 5.26 Å². The van der Waals surface area contributed by atoms with E-state index in [1.54, 1.807) is 0 Å². The van der Waals surface area contributed by atoms with Crippen LogP contribution in [0.1, 0.15) is 30.5 Å². The van der Waals surface area contributed by atoms with E-state index in [-0.39, 0.29) is 5.41 Å². The number of benzene rings is 5. The summed E-state index contributed by atoms with van der Waals surface area (Å²) in [5.74, 6) is 0. The summed E-state index contributed by atoms with van der Waals surface area (Å²) < 4.78 is 2.30. The topological polar surface area (TPSA) is 41.1 Å². The first-order valence-electron chi connectivity index (χ1n) is 13.0. The van der Waals surface area contributed by atoms with E-state index in [1.807, 2.05) is 6.07 Å². The highest BCUT2D eigenvalue weighted by molar-refractivity contribution is 6.14. The zero-order valence-electron chi connectivity index (χ0n) is 21.2. The number of rotatable bonds is 1. The summed E-state index contributed by atoms with van der Waals surface area (Å²) in [5, 5.41) is 13.1. The molecule has 5 aromatic carbocycles. The van der Waals surface area contributed by atoms with Gasteiger partial charge in [0.2, 0.25) is 0 Å². The molecule has 0 bridgehead atoms. The zero-order chi connectivity index (χ0) is 25.6. The zero-order valence-corrected chi connectivity index (χ0v) is 21.2. The lowest BCUT2D eigenvalue weighted by Gasteiger charge is -2.22. The largest absolute Gasteiger partial charge is 0.292 e. The van der Waals surface area contributed by atoms with E-state index < -0.39 is 0 Å². The summed E-state index contributed by atoms with van der Waals surface area (Å²) in [5.41, 5.74) is 12.2. The Labute approximate surface area is 220 Å². The number of pyridine rings is 1. The van der Waals surface area contributed by atoms with Crippen molar-refractivity contribution in [1.82, 2.24) is 9.38 Å². The molecule has 0 N–H and O–H groups in total. The molecular formula is C35H23N3. The van der Waals surface area contributed by atoms with Crippen molar-refractivity contribution in [3.8, 4) is 28.3 Å². The van der Waals surface area contributed by atoms with Crippen molar-refractivity contribution in [3.05, 3.63) is 120 Å². The minimum Gasteiger partial charge on any atom is -0.292 e. The highest BCUT2D eigenvalue weighted by Gasteiger charge is 2.35. The number of nitrogens with zero attached hydrogens (tertiary/aromatic N) is 3. The van der Waals surface area contributed by atoms with E-state index in [0.29, 0.717) is 5.56 Å². The van der Waals surface area contributed by atoms with Crippen LogP contribution in [0.15, 0.2) is 103 Å². The fraction of sp³-hybridized carbons (Fsp3) is 0.0857. The van der Waals surface area contributed by atoms with Crippen LogP contribution in [-0.4, -0.2) is 9.38 Å². The first-order chi connectivity index (χ1) is 18.5. The number of imidazole rings is 1. The summed E-state index contributed by atoms with van der Waals surface area (Å²) in [6.07, 6.45) is 0. The van der Waals surface area contributed by atoms with Gasteiger partial charge in [-0.1, -0.05) is 74.5 Å². The fourth-order valence-corrected chi connectivity index (χ4v) is 6.48. The normalized spacial score (nSPS) is 13.7. The number of nitriles is 1. The summed E-state index contributed by atoms with van der Waals surface area (Å²) >= 11 is 0. The third-order valence-corrected chi connectivity index (χ3v) is 8.39. The van der Waals surface area contributed by atoms with Gasteiger partial charge in [-0.15, -0.1) is 0 Å². The molecule has 3 heteroatoms. The lowest BCUT2D eigenvalue weighted by molar-refractivity contribution is 0.660. The Bertz CT molecular complexity index is 2170. The molecule has 1 aliphatic carbocycles. The van der Waals surface area contributed by atoms with Crippen LogP contribution in [0.5, 0.6) is 0 Å². The van der Waals surface area contributed by atoms with Crippen LogP contribution in [0.2, 0.25) is 0 Å². The maximum atomic E-state index is 9.47. The molecular weight excluding hydrogens is 462 g/mol. The Hall–Kier alpha value is -4.94. The van der Waals surface area contributed by atoms with E-state index >= 15 is 0 Å². The lowest BCUT2D eigenvalue weighted by Crippen LogP contribution is -2.15. The predicted molar refractivity (Wildman–Crippen MR) is 155 cm³/mol. The Morgan fingerprint density at radius 3 is 2.18 bits per heavy atom. The molecule has 0 radical (unpaired) electrons. The first kappa shape index (κ1) is 21.2. The predicted octanol–water partition coefficient (Wildman–Crippen LogP) is 8.64. The highest BCUT2D eigenvalue weighted by Crippen LogP contribution is 2.50. The van der Waals surface area contributed by atoms with Crippen molar-refractivity contribution in [1.29, 1.82) is 5.26 Å². The molecule has 8 rings (SSSR count). The Balaban J connectivity index is 1.38. The molecule has 2 aromatic heterocycles. The van der Waals surface area contributed by atoms with E-state index in [4.69, 9.17) is 4.98 Å². The molecule has 2 heterocycles. The number of para-hydroxylation sites is 3. The van der Waals surface area contributed by atoms with Crippen LogP contribution in [0.4, 0.5) is 0 Å². The summed E-state index contributed by atoms with van der Waals surface area (Å²) in [7, 11) is 0. The number of hydrogen-bond acceptors (Lipinski definition) is 2. The van der Waals surface area contributed by atoms with Crippen molar-refractivity contribution >= 4 is 38.4 Å². The van der Waals surface area contributed by atoms with Gasteiger partial charge >= 0.3 is 0 Å². The number of hydrogen-bond donors (Lipinski definition) is 0. The van der Waals surface area contributed by atoms with Crippen LogP contribution in [0.25, 0.3) is 60.6 Å². The third-order valence-electron chi connectivity index (χ3n) is 8.39. The Morgan fingerprint density at radius 1 is 0.658 bits per heavy atom. The molecule has 1 aliphatic rings. The Morgan fingerprint density at radius 2 is 1.34 bits per heavy atom. The first-order valence-corrected chi connectivity index (χ1v) is 13.0. The Kier molecular flexibility index (Phi) is 4.07. The molecule has 0 saturated heterocycles. The van der Waals surface area contributed by atoms with Gasteiger partial charge in [-0.3, -0.25) is 4.40 Å². The fourth-order valence-electron chi connectivity index (χ4n) is 6.48. The van der Waals surface area contributed by atoms with Gasteiger partial charge in [0.15, 0.2) is 0 Å². The van der Waals surface area contributed by atoms with Crippen LogP contribution in [0.3, 0.4) is 0 Å². The minimum atomic E-state index is -0.172. The molecule has 3 nitrogen and oxygen atoms in total. The van der Waals surface area contributed by atoms with Gasteiger partial charge in [0.25, 0.3) is 0 Å². The minimum absolute atomic E-state index is 0.172. The molecule has 7 aromatic rings. The molecule has 178 valence electrons. The van der Waals surface area contributed by atoms with Gasteiger partial charge in [-0.25, -0.2) is 4.98 Å². The average Bonchev–Trinajstić information content (AvgIpc) is 3.46. The van der Waals surface area contributed by atoms with Crippen molar-refractivity contribution in [2.24, 2.45) is 0 Å². The summed E-state index contributed by atoms with van der Waals surface area (Å²) in [6, 6.07) is 38.9. The van der Waals surface area contributed by atoms with Crippen LogP contribution >= 0.6 is 0 Å². The van der Waals surface area contributed by atoms with E-state index in [0.717, 1.165) is 22.1 Å². The van der Waals surface area contributed by atoms with Crippen molar-refractivity contribution in [2.75, 3.05) is 0 Å². The molecule has 0 amide bonds. The standard InChI is InChI=1S/C35H23N3/c1-35(2)29-17-21(20-36)11-14-25(29)26-16-13-23(19-30(26)35)22-12-15-24-27-7-3-5-9-32(27)38-33-10-6-4-8-31(33)37-34(38)28(24)18-22/h3-19H,1-2H3. The molecule has 38 heavy (non-hydrogen) atoms. The van der Waals surface area contributed by atoms with Crippen molar-refractivity contribution in [2.45, 2.75) is 19.3 Å². The van der Waals surface area contributed by atoms with Crippen molar-refractivity contribution in [3.63, 3.8) is 0 Å². The van der Waals surface area contributed by atoms with Crippen LogP contribution in [-0.2, 0) is 5.41 Å². The highest BCUT2D eigenvalue weighted by atomic mass is 15.0. The molecule has 0 saturated carbocycles. The van der Waals surface area contributed by atoms with E-state index in [2.05, 4.69) is 121 Å². The quantitative estimate of drug-likeness (QED) is 0.218. The van der Waals surface area contributed by atoms with Gasteiger partial charge in [-0.05, 0) is 81.2 Å². The second-order valence-electron chi connectivity index (χ2n) is 10.8. The third kappa shape index (κ3) is 2.69. The number of aromatic nitrogens is 2.